The minimum Gasteiger partial charge on any atom is -0.396 e. The van der Waals surface area contributed by atoms with Gasteiger partial charge in [-0.3, -0.25) is 4.90 Å². The summed E-state index contributed by atoms with van der Waals surface area (Å²) in [7, 11) is 2.11. The maximum absolute atomic E-state index is 11.9. The maximum Gasteiger partial charge on any atom is 0.315 e. The molecule has 2 atom stereocenters. The van der Waals surface area contributed by atoms with Crippen molar-refractivity contribution in [2.45, 2.75) is 64.1 Å². The fourth-order valence-electron chi connectivity index (χ4n) is 2.12. The third-order valence-corrected chi connectivity index (χ3v) is 4.24. The topological polar surface area (TPSA) is 64.6 Å². The largest absolute Gasteiger partial charge is 0.396 e. The zero-order valence-electron chi connectivity index (χ0n) is 12.7. The first-order valence-electron chi connectivity index (χ1n) is 7.30. The number of nitrogens with one attached hydrogen (secondary N) is 2. The van der Waals surface area contributed by atoms with E-state index < -0.39 is 0 Å². The van der Waals surface area contributed by atoms with E-state index in [0.717, 1.165) is 6.42 Å². The molecule has 0 aromatic carbocycles. The first-order valence-corrected chi connectivity index (χ1v) is 7.30. The van der Waals surface area contributed by atoms with Crippen LogP contribution in [-0.2, 0) is 0 Å². The standard InChI is InChI=1S/C14H29N3O2/c1-5-14(3,8-9-18)16-13(19)15-10-11(2)17(4)12-6-7-12/h11-12,18H,5-10H2,1-4H3,(H2,15,16,19). The van der Waals surface area contributed by atoms with Gasteiger partial charge in [0.05, 0.1) is 0 Å². The molecule has 112 valence electrons. The van der Waals surface area contributed by atoms with Crippen molar-refractivity contribution < 1.29 is 9.90 Å². The summed E-state index contributed by atoms with van der Waals surface area (Å²) in [6.45, 7) is 6.84. The molecule has 2 unspecified atom stereocenters. The summed E-state index contributed by atoms with van der Waals surface area (Å²) < 4.78 is 0. The van der Waals surface area contributed by atoms with Gasteiger partial charge in [0.25, 0.3) is 0 Å². The summed E-state index contributed by atoms with van der Waals surface area (Å²) in [6.07, 6.45) is 3.93. The normalized spacial score (nSPS) is 19.9. The van der Waals surface area contributed by atoms with Crippen LogP contribution in [0.25, 0.3) is 0 Å². The average molecular weight is 271 g/mol. The Morgan fingerprint density at radius 1 is 1.53 bits per heavy atom. The molecule has 1 aliphatic carbocycles. The van der Waals surface area contributed by atoms with Gasteiger partial charge >= 0.3 is 6.03 Å². The molecule has 0 aromatic rings. The number of hydrogen-bond acceptors (Lipinski definition) is 3. The van der Waals surface area contributed by atoms with E-state index in [1.54, 1.807) is 0 Å². The first-order chi connectivity index (χ1) is 8.91. The summed E-state index contributed by atoms with van der Waals surface area (Å²) in [5.74, 6) is 0. The third-order valence-electron chi connectivity index (χ3n) is 4.24. The van der Waals surface area contributed by atoms with Crippen LogP contribution in [0.3, 0.4) is 0 Å². The number of aliphatic hydroxyl groups excluding tert-OH is 1. The Balaban J connectivity index is 2.29. The number of amides is 2. The van der Waals surface area contributed by atoms with Crippen molar-refractivity contribution in [3.63, 3.8) is 0 Å². The minimum absolute atomic E-state index is 0.0887. The number of likely N-dealkylation sites (N-methyl/N-ethyl adjacent to an activating group) is 1. The number of aliphatic hydroxyl groups is 1. The van der Waals surface area contributed by atoms with Crippen LogP contribution < -0.4 is 10.6 Å². The number of carbonyl (C=O) groups is 1. The van der Waals surface area contributed by atoms with Gasteiger partial charge in [0.2, 0.25) is 0 Å². The highest BCUT2D eigenvalue weighted by atomic mass is 16.3. The van der Waals surface area contributed by atoms with Gasteiger partial charge in [-0.05, 0) is 46.6 Å². The summed E-state index contributed by atoms with van der Waals surface area (Å²) >= 11 is 0. The zero-order chi connectivity index (χ0) is 14.5. The maximum atomic E-state index is 11.9. The lowest BCUT2D eigenvalue weighted by atomic mass is 9.95. The average Bonchev–Trinajstić information content (AvgIpc) is 3.19. The van der Waals surface area contributed by atoms with E-state index in [2.05, 4.69) is 29.5 Å². The summed E-state index contributed by atoms with van der Waals surface area (Å²) in [5, 5.41) is 14.9. The minimum atomic E-state index is -0.329. The van der Waals surface area contributed by atoms with Crippen LogP contribution in [-0.4, -0.2) is 53.9 Å². The van der Waals surface area contributed by atoms with Crippen LogP contribution in [0.4, 0.5) is 4.79 Å². The number of hydrogen-bond donors (Lipinski definition) is 3. The third kappa shape index (κ3) is 5.37. The highest BCUT2D eigenvalue weighted by Gasteiger charge is 2.29. The van der Waals surface area contributed by atoms with Crippen LogP contribution in [0.1, 0.15) is 46.5 Å². The van der Waals surface area contributed by atoms with Crippen molar-refractivity contribution in [3.05, 3.63) is 0 Å². The zero-order valence-corrected chi connectivity index (χ0v) is 12.7. The Labute approximate surface area is 116 Å². The van der Waals surface area contributed by atoms with Gasteiger partial charge in [-0.2, -0.15) is 0 Å². The van der Waals surface area contributed by atoms with Crippen molar-refractivity contribution in [2.24, 2.45) is 0 Å². The molecule has 0 aromatic heterocycles. The molecule has 0 spiro atoms. The van der Waals surface area contributed by atoms with Gasteiger partial charge in [0.1, 0.15) is 0 Å². The fourth-order valence-corrected chi connectivity index (χ4v) is 2.12. The molecule has 2 amide bonds. The second kappa shape index (κ2) is 7.10. The van der Waals surface area contributed by atoms with E-state index in [0.29, 0.717) is 25.0 Å². The van der Waals surface area contributed by atoms with Crippen LogP contribution in [0.5, 0.6) is 0 Å². The number of nitrogens with zero attached hydrogens (tertiary/aromatic N) is 1. The van der Waals surface area contributed by atoms with Crippen molar-refractivity contribution in [1.29, 1.82) is 0 Å². The molecule has 0 heterocycles. The van der Waals surface area contributed by atoms with E-state index in [1.807, 2.05) is 13.8 Å². The number of urea groups is 1. The van der Waals surface area contributed by atoms with E-state index in [4.69, 9.17) is 5.11 Å². The van der Waals surface area contributed by atoms with Crippen LogP contribution in [0.15, 0.2) is 0 Å². The van der Waals surface area contributed by atoms with Crippen molar-refractivity contribution >= 4 is 6.03 Å². The van der Waals surface area contributed by atoms with E-state index in [-0.39, 0.29) is 18.2 Å². The second-order valence-corrected chi connectivity index (χ2v) is 5.97. The monoisotopic (exact) mass is 271 g/mol. The molecular weight excluding hydrogens is 242 g/mol. The highest BCUT2D eigenvalue weighted by Crippen LogP contribution is 2.26. The number of rotatable bonds is 8. The summed E-state index contributed by atoms with van der Waals surface area (Å²) in [5.41, 5.74) is -0.329. The molecule has 1 aliphatic rings. The van der Waals surface area contributed by atoms with Gasteiger partial charge in [0, 0.05) is 30.8 Å². The summed E-state index contributed by atoms with van der Waals surface area (Å²) in [4.78, 5) is 14.2. The van der Waals surface area contributed by atoms with Gasteiger partial charge in [-0.15, -0.1) is 0 Å². The van der Waals surface area contributed by atoms with E-state index in [1.165, 1.54) is 12.8 Å². The Hall–Kier alpha value is -0.810. The van der Waals surface area contributed by atoms with Crippen molar-refractivity contribution in [1.82, 2.24) is 15.5 Å². The highest BCUT2D eigenvalue weighted by molar-refractivity contribution is 5.74. The van der Waals surface area contributed by atoms with Crippen LogP contribution in [0.2, 0.25) is 0 Å². The van der Waals surface area contributed by atoms with Crippen molar-refractivity contribution in [3.8, 4) is 0 Å². The van der Waals surface area contributed by atoms with Crippen LogP contribution >= 0.6 is 0 Å². The molecule has 1 fully saturated rings. The Bertz CT molecular complexity index is 294. The molecule has 5 nitrogen and oxygen atoms in total. The smallest absolute Gasteiger partial charge is 0.315 e. The molecule has 1 saturated carbocycles. The lowest BCUT2D eigenvalue weighted by molar-refractivity contribution is 0.195. The van der Waals surface area contributed by atoms with Crippen molar-refractivity contribution in [2.75, 3.05) is 20.2 Å². The van der Waals surface area contributed by atoms with Crippen LogP contribution in [0, 0.1) is 0 Å². The van der Waals surface area contributed by atoms with Gasteiger partial charge < -0.3 is 15.7 Å². The Kier molecular flexibility index (Phi) is 6.07. The first kappa shape index (κ1) is 16.2. The fraction of sp³-hybridized carbons (Fsp3) is 0.929. The predicted molar refractivity (Wildman–Crippen MR) is 77.2 cm³/mol. The summed E-state index contributed by atoms with van der Waals surface area (Å²) in [6, 6.07) is 0.910. The predicted octanol–water partition coefficient (Wildman–Crippen LogP) is 1.32. The van der Waals surface area contributed by atoms with E-state index in [9.17, 15) is 4.79 Å². The molecule has 1 rings (SSSR count). The van der Waals surface area contributed by atoms with Gasteiger partial charge in [-0.1, -0.05) is 6.92 Å². The number of carbonyl (C=O) groups excluding carboxylic acids is 1. The Morgan fingerprint density at radius 3 is 2.63 bits per heavy atom. The van der Waals surface area contributed by atoms with E-state index >= 15 is 0 Å². The quantitative estimate of drug-likeness (QED) is 0.624. The van der Waals surface area contributed by atoms with Gasteiger partial charge in [-0.25, -0.2) is 4.79 Å². The SMILES string of the molecule is CCC(C)(CCO)NC(=O)NCC(C)N(C)C1CC1. The molecule has 19 heavy (non-hydrogen) atoms. The molecule has 0 saturated heterocycles. The Morgan fingerprint density at radius 2 is 2.16 bits per heavy atom. The lowest BCUT2D eigenvalue weighted by Gasteiger charge is -2.30. The molecule has 0 radical (unpaired) electrons. The molecule has 0 aliphatic heterocycles. The lowest BCUT2D eigenvalue weighted by Crippen LogP contribution is -2.52. The molecule has 0 bridgehead atoms. The molecule has 3 N–H and O–H groups in total. The van der Waals surface area contributed by atoms with Gasteiger partial charge in [0.15, 0.2) is 0 Å². The molecule has 5 heteroatoms. The molecular formula is C14H29N3O2. The second-order valence-electron chi connectivity index (χ2n) is 5.97.